The van der Waals surface area contributed by atoms with Crippen molar-refractivity contribution >= 4 is 23.5 Å². The maximum atomic E-state index is 12.9. The number of carbonyl (C=O) groups excluding carboxylic acids is 1. The Labute approximate surface area is 209 Å². The number of ether oxygens (including phenoxy) is 1. The van der Waals surface area contributed by atoms with Crippen molar-refractivity contribution in [2.45, 2.75) is 58.2 Å². The van der Waals surface area contributed by atoms with E-state index in [1.807, 2.05) is 38.2 Å². The molecule has 0 radical (unpaired) electrons. The Morgan fingerprint density at radius 3 is 2.80 bits per heavy atom. The van der Waals surface area contributed by atoms with Crippen molar-refractivity contribution in [3.05, 3.63) is 59.0 Å². The summed E-state index contributed by atoms with van der Waals surface area (Å²) in [6.45, 7) is 6.63. The Morgan fingerprint density at radius 1 is 1.23 bits per heavy atom. The molecule has 1 amide bonds. The lowest BCUT2D eigenvalue weighted by Crippen LogP contribution is -2.62. The summed E-state index contributed by atoms with van der Waals surface area (Å²) in [7, 11) is 0. The highest BCUT2D eigenvalue weighted by atomic mass is 35.5. The van der Waals surface area contributed by atoms with Crippen LogP contribution in [0.5, 0.6) is 0 Å². The lowest BCUT2D eigenvalue weighted by molar-refractivity contribution is 0.0580. The topological polar surface area (TPSA) is 89.3 Å². The molecule has 0 bridgehead atoms. The van der Waals surface area contributed by atoms with E-state index < -0.39 is 0 Å². The molecule has 35 heavy (non-hydrogen) atoms. The third-order valence-corrected chi connectivity index (χ3v) is 7.75. The highest BCUT2D eigenvalue weighted by Crippen LogP contribution is 2.56. The van der Waals surface area contributed by atoms with Crippen LogP contribution in [0, 0.1) is 5.41 Å². The average Bonchev–Trinajstić information content (AvgIpc) is 3.12. The van der Waals surface area contributed by atoms with Gasteiger partial charge in [-0.25, -0.2) is 9.78 Å². The molecule has 1 saturated carbocycles. The summed E-state index contributed by atoms with van der Waals surface area (Å²) in [6, 6.07) is 5.81. The van der Waals surface area contributed by atoms with Gasteiger partial charge in [-0.15, -0.1) is 10.2 Å². The van der Waals surface area contributed by atoms with Crippen molar-refractivity contribution in [3.8, 4) is 5.69 Å². The fourth-order valence-electron chi connectivity index (χ4n) is 5.56. The molecule has 2 aliphatic heterocycles. The summed E-state index contributed by atoms with van der Waals surface area (Å²) in [6.07, 6.45) is 7.65. The molecule has 1 atom stereocenters. The fraction of sp³-hybridized carbons (Fsp3) is 0.480. The van der Waals surface area contributed by atoms with E-state index in [2.05, 4.69) is 29.6 Å². The van der Waals surface area contributed by atoms with Crippen molar-refractivity contribution in [1.82, 2.24) is 29.6 Å². The Hall–Kier alpha value is -3.20. The molecule has 182 valence electrons. The van der Waals surface area contributed by atoms with E-state index in [0.29, 0.717) is 29.4 Å². The van der Waals surface area contributed by atoms with Crippen LogP contribution in [-0.2, 0) is 17.8 Å². The van der Waals surface area contributed by atoms with Crippen LogP contribution < -0.4 is 4.90 Å². The monoisotopic (exact) mass is 493 g/mol. The lowest BCUT2D eigenvalue weighted by atomic mass is 9.57. The van der Waals surface area contributed by atoms with Gasteiger partial charge in [0, 0.05) is 41.8 Å². The van der Waals surface area contributed by atoms with Crippen LogP contribution in [0.2, 0.25) is 5.02 Å². The molecule has 0 N–H and O–H groups in total. The molecule has 6 rings (SSSR count). The Balaban J connectivity index is 1.24. The SMILES string of the molecule is CC[C@@H](C)OC(=O)N1Cc2cc(Cl)ccc2-n2c(nnc2C2CC3(C2)CN(c2cnccn2)C3)C1. The Morgan fingerprint density at radius 2 is 2.06 bits per heavy atom. The second-order valence-electron chi connectivity index (χ2n) is 10.1. The first-order valence-corrected chi connectivity index (χ1v) is 12.5. The van der Waals surface area contributed by atoms with E-state index in [-0.39, 0.29) is 12.2 Å². The quantitative estimate of drug-likeness (QED) is 0.533. The third-order valence-electron chi connectivity index (χ3n) is 7.52. The molecule has 0 unspecified atom stereocenters. The zero-order valence-electron chi connectivity index (χ0n) is 19.9. The van der Waals surface area contributed by atoms with Gasteiger partial charge in [0.1, 0.15) is 17.7 Å². The minimum absolute atomic E-state index is 0.145. The number of hydrogen-bond donors (Lipinski definition) is 0. The highest BCUT2D eigenvalue weighted by molar-refractivity contribution is 6.30. The van der Waals surface area contributed by atoms with Gasteiger partial charge in [-0.05, 0) is 49.9 Å². The molecule has 9 nitrogen and oxygen atoms in total. The van der Waals surface area contributed by atoms with Crippen LogP contribution in [-0.4, -0.2) is 54.9 Å². The number of amides is 1. The summed E-state index contributed by atoms with van der Waals surface area (Å²) >= 11 is 6.34. The molecule has 4 heterocycles. The zero-order chi connectivity index (χ0) is 24.2. The van der Waals surface area contributed by atoms with Gasteiger partial charge in [-0.2, -0.15) is 0 Å². The van der Waals surface area contributed by atoms with E-state index in [4.69, 9.17) is 16.3 Å². The fourth-order valence-corrected chi connectivity index (χ4v) is 5.75. The first kappa shape index (κ1) is 22.3. The molecule has 10 heteroatoms. The summed E-state index contributed by atoms with van der Waals surface area (Å²) in [5.74, 6) is 2.97. The van der Waals surface area contributed by atoms with Gasteiger partial charge in [-0.1, -0.05) is 18.5 Å². The Bertz CT molecular complexity index is 1250. The highest BCUT2D eigenvalue weighted by Gasteiger charge is 2.54. The van der Waals surface area contributed by atoms with Gasteiger partial charge in [0.25, 0.3) is 0 Å². The second-order valence-corrected chi connectivity index (χ2v) is 10.5. The first-order valence-electron chi connectivity index (χ1n) is 12.1. The van der Waals surface area contributed by atoms with E-state index in [9.17, 15) is 4.79 Å². The van der Waals surface area contributed by atoms with Crippen LogP contribution in [0.4, 0.5) is 10.6 Å². The largest absolute Gasteiger partial charge is 0.446 e. The minimum atomic E-state index is -0.343. The number of benzene rings is 1. The summed E-state index contributed by atoms with van der Waals surface area (Å²) in [5.41, 5.74) is 2.25. The normalized spacial score (nSPS) is 19.3. The van der Waals surface area contributed by atoms with Gasteiger partial charge in [-0.3, -0.25) is 14.5 Å². The number of anilines is 1. The van der Waals surface area contributed by atoms with Crippen LogP contribution in [0.3, 0.4) is 0 Å². The molecule has 2 aromatic heterocycles. The van der Waals surface area contributed by atoms with E-state index in [1.165, 1.54) is 0 Å². The average molecular weight is 494 g/mol. The molecule has 3 aliphatic rings. The number of carbonyl (C=O) groups is 1. The summed E-state index contributed by atoms with van der Waals surface area (Å²) in [4.78, 5) is 25.5. The van der Waals surface area contributed by atoms with Crippen LogP contribution in [0.25, 0.3) is 5.69 Å². The molecule has 1 aromatic carbocycles. The summed E-state index contributed by atoms with van der Waals surface area (Å²) < 4.78 is 7.76. The predicted molar refractivity (Wildman–Crippen MR) is 131 cm³/mol. The molecule has 1 saturated heterocycles. The predicted octanol–water partition coefficient (Wildman–Crippen LogP) is 4.35. The molecule has 2 fully saturated rings. The molecule has 3 aromatic rings. The summed E-state index contributed by atoms with van der Waals surface area (Å²) in [5, 5.41) is 9.79. The molecule has 1 spiro atoms. The number of hydrogen-bond acceptors (Lipinski definition) is 7. The lowest BCUT2D eigenvalue weighted by Gasteiger charge is -2.59. The second kappa shape index (κ2) is 8.48. The smallest absolute Gasteiger partial charge is 0.410 e. The van der Waals surface area contributed by atoms with E-state index in [1.54, 1.807) is 17.3 Å². The van der Waals surface area contributed by atoms with Crippen LogP contribution >= 0.6 is 11.6 Å². The first-order chi connectivity index (χ1) is 16.9. The Kier molecular flexibility index (Phi) is 5.40. The number of aromatic nitrogens is 5. The van der Waals surface area contributed by atoms with Gasteiger partial charge in [0.05, 0.1) is 25.0 Å². The van der Waals surface area contributed by atoms with Gasteiger partial charge < -0.3 is 9.64 Å². The molecular formula is C25H28ClN7O2. The van der Waals surface area contributed by atoms with Crippen molar-refractivity contribution in [2.24, 2.45) is 5.41 Å². The minimum Gasteiger partial charge on any atom is -0.446 e. The van der Waals surface area contributed by atoms with Crippen molar-refractivity contribution in [3.63, 3.8) is 0 Å². The number of nitrogens with zero attached hydrogens (tertiary/aromatic N) is 7. The number of halogens is 1. The zero-order valence-corrected chi connectivity index (χ0v) is 20.6. The van der Waals surface area contributed by atoms with E-state index >= 15 is 0 Å². The van der Waals surface area contributed by atoms with Gasteiger partial charge in [0.15, 0.2) is 5.82 Å². The number of rotatable bonds is 4. The van der Waals surface area contributed by atoms with Crippen molar-refractivity contribution in [1.29, 1.82) is 0 Å². The van der Waals surface area contributed by atoms with E-state index in [0.717, 1.165) is 61.1 Å². The maximum absolute atomic E-state index is 12.9. The maximum Gasteiger partial charge on any atom is 0.410 e. The number of fused-ring (bicyclic) bond motifs is 3. The third kappa shape index (κ3) is 3.91. The van der Waals surface area contributed by atoms with Gasteiger partial charge >= 0.3 is 6.09 Å². The van der Waals surface area contributed by atoms with Crippen LogP contribution in [0.1, 0.15) is 56.2 Å². The molecular weight excluding hydrogens is 466 g/mol. The van der Waals surface area contributed by atoms with Crippen molar-refractivity contribution in [2.75, 3.05) is 18.0 Å². The standard InChI is InChI=1S/C25H28ClN7O2/c1-3-16(2)35-24(34)31-12-17-8-19(26)4-5-20(17)33-22(13-31)29-30-23(33)18-9-25(10-18)14-32(15-25)21-11-27-6-7-28-21/h4-8,11,16,18H,3,9-10,12-15H2,1-2H3/t16-/m1/s1. The van der Waals surface area contributed by atoms with Gasteiger partial charge in [0.2, 0.25) is 0 Å². The van der Waals surface area contributed by atoms with Crippen molar-refractivity contribution < 1.29 is 9.53 Å². The molecule has 1 aliphatic carbocycles. The van der Waals surface area contributed by atoms with Crippen LogP contribution in [0.15, 0.2) is 36.8 Å².